The normalized spacial score (nSPS) is 10.7. The fourth-order valence-electron chi connectivity index (χ4n) is 2.61. The molecule has 2 aromatic heterocycles. The quantitative estimate of drug-likeness (QED) is 0.713. The first-order valence-electron chi connectivity index (χ1n) is 7.78. The predicted molar refractivity (Wildman–Crippen MR) is 89.9 cm³/mol. The van der Waals surface area contributed by atoms with E-state index in [-0.39, 0.29) is 12.5 Å². The van der Waals surface area contributed by atoms with Crippen molar-refractivity contribution in [3.8, 4) is 0 Å². The van der Waals surface area contributed by atoms with Crippen LogP contribution in [0.5, 0.6) is 0 Å². The summed E-state index contributed by atoms with van der Waals surface area (Å²) in [6.07, 6.45) is 5.27. The van der Waals surface area contributed by atoms with E-state index in [1.807, 2.05) is 22.9 Å². The number of aromatic nitrogens is 2. The Labute approximate surface area is 144 Å². The Morgan fingerprint density at radius 3 is 2.68 bits per heavy atom. The Hall–Kier alpha value is -3.02. The molecule has 128 valence electrons. The highest BCUT2D eigenvalue weighted by atomic mass is 19.2. The zero-order valence-corrected chi connectivity index (χ0v) is 13.7. The van der Waals surface area contributed by atoms with Crippen molar-refractivity contribution in [3.05, 3.63) is 89.5 Å². The molecule has 0 aliphatic rings. The smallest absolute Gasteiger partial charge is 0.270 e. The largest absolute Gasteiger partial charge is 0.339 e. The Morgan fingerprint density at radius 1 is 1.12 bits per heavy atom. The van der Waals surface area contributed by atoms with Gasteiger partial charge in [-0.2, -0.15) is 0 Å². The van der Waals surface area contributed by atoms with Crippen LogP contribution in [0.15, 0.2) is 61.1 Å². The van der Waals surface area contributed by atoms with Crippen LogP contribution in [0.1, 0.15) is 21.6 Å². The zero-order valence-electron chi connectivity index (χ0n) is 13.7. The summed E-state index contributed by atoms with van der Waals surface area (Å²) in [6, 6.07) is 11.0. The second-order valence-corrected chi connectivity index (χ2v) is 5.79. The number of rotatable bonds is 5. The molecule has 0 bridgehead atoms. The van der Waals surface area contributed by atoms with Crippen LogP contribution in [0, 0.1) is 11.6 Å². The number of amides is 1. The Kier molecular flexibility index (Phi) is 4.88. The van der Waals surface area contributed by atoms with Crippen molar-refractivity contribution in [3.63, 3.8) is 0 Å². The molecule has 2 heterocycles. The van der Waals surface area contributed by atoms with E-state index in [9.17, 15) is 13.6 Å². The van der Waals surface area contributed by atoms with Crippen LogP contribution in [0.25, 0.3) is 0 Å². The van der Waals surface area contributed by atoms with Crippen molar-refractivity contribution in [2.75, 3.05) is 7.05 Å². The van der Waals surface area contributed by atoms with E-state index in [0.717, 1.165) is 17.7 Å². The monoisotopic (exact) mass is 341 g/mol. The van der Waals surface area contributed by atoms with Gasteiger partial charge < -0.3 is 9.47 Å². The fraction of sp³-hybridized carbons (Fsp3) is 0.158. The van der Waals surface area contributed by atoms with E-state index < -0.39 is 11.6 Å². The third-order valence-electron chi connectivity index (χ3n) is 3.87. The fourth-order valence-corrected chi connectivity index (χ4v) is 2.61. The summed E-state index contributed by atoms with van der Waals surface area (Å²) in [7, 11) is 1.63. The van der Waals surface area contributed by atoms with Crippen LogP contribution < -0.4 is 0 Å². The van der Waals surface area contributed by atoms with Crippen molar-refractivity contribution >= 4 is 5.91 Å². The topological polar surface area (TPSA) is 38.1 Å². The molecule has 0 radical (unpaired) electrons. The van der Waals surface area contributed by atoms with Gasteiger partial charge in [0.1, 0.15) is 5.69 Å². The van der Waals surface area contributed by atoms with Gasteiger partial charge in [0.2, 0.25) is 0 Å². The summed E-state index contributed by atoms with van der Waals surface area (Å²) >= 11 is 0. The summed E-state index contributed by atoms with van der Waals surface area (Å²) in [5.74, 6) is -2.01. The summed E-state index contributed by atoms with van der Waals surface area (Å²) in [4.78, 5) is 18.2. The SMILES string of the molecule is CN(Cc1ccc(F)c(F)c1)C(=O)c1cccn1Cc1cccnc1. The van der Waals surface area contributed by atoms with Gasteiger partial charge >= 0.3 is 0 Å². The van der Waals surface area contributed by atoms with Crippen molar-refractivity contribution < 1.29 is 13.6 Å². The second kappa shape index (κ2) is 7.25. The number of benzene rings is 1. The standard InChI is InChI=1S/C19H17F2N3O/c1-23(12-14-6-7-16(20)17(21)10-14)19(25)18-5-3-9-24(18)13-15-4-2-8-22-11-15/h2-11H,12-13H2,1H3. The van der Waals surface area contributed by atoms with Gasteiger partial charge in [0.15, 0.2) is 11.6 Å². The lowest BCUT2D eigenvalue weighted by atomic mass is 10.2. The van der Waals surface area contributed by atoms with Crippen molar-refractivity contribution in [2.45, 2.75) is 13.1 Å². The molecular weight excluding hydrogens is 324 g/mol. The Bertz CT molecular complexity index is 877. The van der Waals surface area contributed by atoms with Crippen LogP contribution >= 0.6 is 0 Å². The lowest BCUT2D eigenvalue weighted by molar-refractivity contribution is 0.0774. The van der Waals surface area contributed by atoms with Crippen LogP contribution in [-0.4, -0.2) is 27.4 Å². The number of nitrogens with zero attached hydrogens (tertiary/aromatic N) is 3. The molecule has 0 N–H and O–H groups in total. The molecule has 3 aromatic rings. The molecule has 0 aliphatic carbocycles. The molecule has 4 nitrogen and oxygen atoms in total. The third kappa shape index (κ3) is 3.91. The maximum absolute atomic E-state index is 13.3. The summed E-state index contributed by atoms with van der Waals surface area (Å²) in [5, 5.41) is 0. The molecule has 6 heteroatoms. The minimum atomic E-state index is -0.918. The molecule has 0 fully saturated rings. The first-order valence-corrected chi connectivity index (χ1v) is 7.78. The van der Waals surface area contributed by atoms with Gasteiger partial charge in [-0.1, -0.05) is 12.1 Å². The molecule has 0 saturated heterocycles. The van der Waals surface area contributed by atoms with Crippen molar-refractivity contribution in [1.29, 1.82) is 0 Å². The Morgan fingerprint density at radius 2 is 1.96 bits per heavy atom. The van der Waals surface area contributed by atoms with Crippen LogP contribution in [0.4, 0.5) is 8.78 Å². The van der Waals surface area contributed by atoms with Gasteiger partial charge in [0.25, 0.3) is 5.91 Å². The van der Waals surface area contributed by atoms with Gasteiger partial charge in [-0.15, -0.1) is 0 Å². The molecule has 1 aromatic carbocycles. The van der Waals surface area contributed by atoms with E-state index in [0.29, 0.717) is 17.8 Å². The van der Waals surface area contributed by atoms with Crippen LogP contribution in [0.2, 0.25) is 0 Å². The van der Waals surface area contributed by atoms with Gasteiger partial charge in [0, 0.05) is 38.7 Å². The third-order valence-corrected chi connectivity index (χ3v) is 3.87. The number of halogens is 2. The van der Waals surface area contributed by atoms with Crippen LogP contribution in [-0.2, 0) is 13.1 Å². The number of carbonyl (C=O) groups is 1. The summed E-state index contributed by atoms with van der Waals surface area (Å²) in [5.41, 5.74) is 2.03. The maximum atomic E-state index is 13.3. The molecule has 0 spiro atoms. The van der Waals surface area contributed by atoms with Crippen molar-refractivity contribution in [1.82, 2.24) is 14.5 Å². The molecule has 0 atom stereocenters. The van der Waals surface area contributed by atoms with Crippen molar-refractivity contribution in [2.24, 2.45) is 0 Å². The number of carbonyl (C=O) groups excluding carboxylic acids is 1. The minimum absolute atomic E-state index is 0.189. The highest BCUT2D eigenvalue weighted by molar-refractivity contribution is 5.92. The first-order chi connectivity index (χ1) is 12.0. The molecular formula is C19H17F2N3O. The second-order valence-electron chi connectivity index (χ2n) is 5.79. The van der Waals surface area contributed by atoms with E-state index in [1.165, 1.54) is 11.0 Å². The number of pyridine rings is 1. The average Bonchev–Trinajstić information content (AvgIpc) is 3.06. The Balaban J connectivity index is 1.74. The molecule has 0 aliphatic heterocycles. The average molecular weight is 341 g/mol. The first kappa shape index (κ1) is 16.8. The van der Waals surface area contributed by atoms with E-state index in [2.05, 4.69) is 4.98 Å². The van der Waals surface area contributed by atoms with Gasteiger partial charge in [-0.3, -0.25) is 9.78 Å². The molecule has 0 unspecified atom stereocenters. The van der Waals surface area contributed by atoms with E-state index in [1.54, 1.807) is 31.6 Å². The molecule has 1 amide bonds. The summed E-state index contributed by atoms with van der Waals surface area (Å²) < 4.78 is 28.2. The lowest BCUT2D eigenvalue weighted by Crippen LogP contribution is -2.28. The highest BCUT2D eigenvalue weighted by Crippen LogP contribution is 2.14. The summed E-state index contributed by atoms with van der Waals surface area (Å²) in [6.45, 7) is 0.717. The van der Waals surface area contributed by atoms with Crippen LogP contribution in [0.3, 0.4) is 0 Å². The van der Waals surface area contributed by atoms with E-state index >= 15 is 0 Å². The minimum Gasteiger partial charge on any atom is -0.339 e. The predicted octanol–water partition coefficient (Wildman–Crippen LogP) is 3.48. The van der Waals surface area contributed by atoms with Gasteiger partial charge in [-0.25, -0.2) is 8.78 Å². The maximum Gasteiger partial charge on any atom is 0.270 e. The van der Waals surface area contributed by atoms with E-state index in [4.69, 9.17) is 0 Å². The zero-order chi connectivity index (χ0) is 17.8. The molecule has 0 saturated carbocycles. The highest BCUT2D eigenvalue weighted by Gasteiger charge is 2.16. The molecule has 25 heavy (non-hydrogen) atoms. The van der Waals surface area contributed by atoms with Gasteiger partial charge in [0.05, 0.1) is 0 Å². The lowest BCUT2D eigenvalue weighted by Gasteiger charge is -2.19. The van der Waals surface area contributed by atoms with Gasteiger partial charge in [-0.05, 0) is 41.5 Å². The number of hydrogen-bond donors (Lipinski definition) is 0. The molecule has 3 rings (SSSR count). The number of hydrogen-bond acceptors (Lipinski definition) is 2.